The van der Waals surface area contributed by atoms with Gasteiger partial charge in [0.25, 0.3) is 0 Å². The number of guanidine groups is 1. The van der Waals surface area contributed by atoms with Crippen molar-refractivity contribution in [3.63, 3.8) is 0 Å². The quantitative estimate of drug-likeness (QED) is 0.531. The van der Waals surface area contributed by atoms with E-state index in [-0.39, 0.29) is 18.0 Å². The molecular formula is C20H37N5OS. The smallest absolute Gasteiger partial charge is 0.244 e. The summed E-state index contributed by atoms with van der Waals surface area (Å²) in [6.45, 7) is 8.28. The van der Waals surface area contributed by atoms with Crippen LogP contribution in [0.4, 0.5) is 0 Å². The third-order valence-corrected chi connectivity index (χ3v) is 7.17. The number of carbonyl (C=O) groups excluding carboxylic acids is 1. The lowest BCUT2D eigenvalue weighted by Gasteiger charge is -2.48. The van der Waals surface area contributed by atoms with Gasteiger partial charge >= 0.3 is 0 Å². The molecule has 0 aromatic heterocycles. The molecule has 0 spiro atoms. The molecule has 0 atom stereocenters. The summed E-state index contributed by atoms with van der Waals surface area (Å²) in [5.74, 6) is 3.45. The minimum Gasteiger partial charge on any atom is -0.357 e. The average Bonchev–Trinajstić information content (AvgIpc) is 3.26. The highest BCUT2D eigenvalue weighted by molar-refractivity contribution is 7.99. The normalized spacial score (nSPS) is 24.0. The second kappa shape index (κ2) is 10.6. The number of likely N-dealkylation sites (tertiary alicyclic amines) is 1. The average molecular weight is 396 g/mol. The zero-order valence-electron chi connectivity index (χ0n) is 17.0. The fourth-order valence-electron chi connectivity index (χ4n) is 4.66. The number of nitrogens with one attached hydrogen (secondary N) is 2. The van der Waals surface area contributed by atoms with Crippen LogP contribution in [0, 0.1) is 0 Å². The molecule has 0 aromatic rings. The topological polar surface area (TPSA) is 60.0 Å². The van der Waals surface area contributed by atoms with Crippen LogP contribution in [0.1, 0.15) is 51.9 Å². The lowest BCUT2D eigenvalue weighted by molar-refractivity contribution is -0.128. The summed E-state index contributed by atoms with van der Waals surface area (Å²) in [7, 11) is 0. The second-order valence-corrected chi connectivity index (χ2v) is 9.25. The van der Waals surface area contributed by atoms with Crippen LogP contribution in [0.5, 0.6) is 0 Å². The molecule has 2 aliphatic heterocycles. The Kier molecular flexibility index (Phi) is 8.12. The zero-order chi connectivity index (χ0) is 19.0. The third-order valence-electron chi connectivity index (χ3n) is 6.23. The second-order valence-electron chi connectivity index (χ2n) is 8.02. The number of hydrogen-bond acceptors (Lipinski definition) is 4. The first-order valence-electron chi connectivity index (χ1n) is 10.9. The number of amides is 1. The van der Waals surface area contributed by atoms with Gasteiger partial charge in [-0.15, -0.1) is 0 Å². The Hall–Kier alpha value is -0.950. The van der Waals surface area contributed by atoms with E-state index in [2.05, 4.69) is 39.2 Å². The Morgan fingerprint density at radius 2 is 1.70 bits per heavy atom. The van der Waals surface area contributed by atoms with Gasteiger partial charge in [0, 0.05) is 56.3 Å². The van der Waals surface area contributed by atoms with Crippen molar-refractivity contribution in [2.24, 2.45) is 4.99 Å². The predicted molar refractivity (Wildman–Crippen MR) is 115 cm³/mol. The molecule has 1 aliphatic carbocycles. The Morgan fingerprint density at radius 1 is 1.00 bits per heavy atom. The molecule has 2 N–H and O–H groups in total. The van der Waals surface area contributed by atoms with Crippen molar-refractivity contribution in [1.82, 2.24) is 20.4 Å². The van der Waals surface area contributed by atoms with E-state index in [1.807, 2.05) is 4.90 Å². The van der Waals surface area contributed by atoms with E-state index in [9.17, 15) is 4.79 Å². The molecular weight excluding hydrogens is 358 g/mol. The summed E-state index contributed by atoms with van der Waals surface area (Å²) >= 11 is 2.08. The Labute approximate surface area is 168 Å². The molecule has 2 heterocycles. The summed E-state index contributed by atoms with van der Waals surface area (Å²) in [6, 6.07) is 0. The van der Waals surface area contributed by atoms with Crippen molar-refractivity contribution in [3.8, 4) is 0 Å². The van der Waals surface area contributed by atoms with Crippen molar-refractivity contribution in [2.75, 3.05) is 57.3 Å². The van der Waals surface area contributed by atoms with Crippen LogP contribution < -0.4 is 10.6 Å². The Morgan fingerprint density at radius 3 is 2.37 bits per heavy atom. The molecule has 27 heavy (non-hydrogen) atoms. The maximum Gasteiger partial charge on any atom is 0.244 e. The van der Waals surface area contributed by atoms with Crippen molar-refractivity contribution < 1.29 is 4.79 Å². The highest BCUT2D eigenvalue weighted by Crippen LogP contribution is 2.34. The highest BCUT2D eigenvalue weighted by atomic mass is 32.2. The summed E-state index contributed by atoms with van der Waals surface area (Å²) in [5.41, 5.74) is 0.258. The molecule has 0 unspecified atom stereocenters. The van der Waals surface area contributed by atoms with Gasteiger partial charge in [-0.2, -0.15) is 11.8 Å². The number of thioether (sulfide) groups is 1. The first-order valence-corrected chi connectivity index (χ1v) is 12.0. The number of rotatable bonds is 6. The molecule has 0 radical (unpaired) electrons. The van der Waals surface area contributed by atoms with E-state index in [1.54, 1.807) is 0 Å². The first kappa shape index (κ1) is 20.8. The SMILES string of the molecule is CCNC(=NCC(=O)N1CCCC1)NCC1(N2CCSCC2)CCCCC1. The van der Waals surface area contributed by atoms with Crippen molar-refractivity contribution in [2.45, 2.75) is 57.4 Å². The van der Waals surface area contributed by atoms with E-state index < -0.39 is 0 Å². The van der Waals surface area contributed by atoms with Crippen LogP contribution in [0.25, 0.3) is 0 Å². The molecule has 7 heteroatoms. The van der Waals surface area contributed by atoms with Gasteiger partial charge in [0.15, 0.2) is 5.96 Å². The zero-order valence-corrected chi connectivity index (χ0v) is 17.8. The van der Waals surface area contributed by atoms with Crippen molar-refractivity contribution >= 4 is 23.6 Å². The van der Waals surface area contributed by atoms with Gasteiger partial charge in [-0.3, -0.25) is 9.69 Å². The van der Waals surface area contributed by atoms with E-state index >= 15 is 0 Å². The number of nitrogens with zero attached hydrogens (tertiary/aromatic N) is 3. The molecule has 1 amide bonds. The van der Waals surface area contributed by atoms with Crippen LogP contribution in [0.15, 0.2) is 4.99 Å². The van der Waals surface area contributed by atoms with Gasteiger partial charge in [-0.25, -0.2) is 4.99 Å². The number of aliphatic imine (C=N–C) groups is 1. The number of carbonyl (C=O) groups is 1. The molecule has 3 fully saturated rings. The van der Waals surface area contributed by atoms with Gasteiger partial charge in [0.1, 0.15) is 6.54 Å². The third kappa shape index (κ3) is 5.76. The van der Waals surface area contributed by atoms with E-state index in [1.165, 1.54) is 56.7 Å². The number of hydrogen-bond donors (Lipinski definition) is 2. The monoisotopic (exact) mass is 395 g/mol. The summed E-state index contributed by atoms with van der Waals surface area (Å²) in [6.07, 6.45) is 8.82. The van der Waals surface area contributed by atoms with Crippen LogP contribution in [-0.2, 0) is 4.79 Å². The fourth-order valence-corrected chi connectivity index (χ4v) is 5.56. The highest BCUT2D eigenvalue weighted by Gasteiger charge is 2.38. The summed E-state index contributed by atoms with van der Waals surface area (Å²) in [5, 5.41) is 6.93. The first-order chi connectivity index (χ1) is 13.2. The Bertz CT molecular complexity index is 495. The minimum absolute atomic E-state index is 0.158. The standard InChI is InChI=1S/C20H37N5OS/c1-2-21-19(22-16-18(26)24-10-6-7-11-24)23-17-20(8-4-3-5-9-20)25-12-14-27-15-13-25/h2-17H2,1H3,(H2,21,22,23). The van der Waals surface area contributed by atoms with E-state index in [0.717, 1.165) is 45.0 Å². The van der Waals surface area contributed by atoms with Gasteiger partial charge in [0.2, 0.25) is 5.91 Å². The van der Waals surface area contributed by atoms with E-state index in [0.29, 0.717) is 0 Å². The maximum atomic E-state index is 12.3. The molecule has 1 saturated carbocycles. The predicted octanol–water partition coefficient (Wildman–Crippen LogP) is 1.92. The van der Waals surface area contributed by atoms with Gasteiger partial charge in [-0.1, -0.05) is 19.3 Å². The van der Waals surface area contributed by atoms with Crippen molar-refractivity contribution in [1.29, 1.82) is 0 Å². The molecule has 3 aliphatic rings. The van der Waals surface area contributed by atoms with Gasteiger partial charge in [0.05, 0.1) is 0 Å². The van der Waals surface area contributed by atoms with Crippen LogP contribution in [0.2, 0.25) is 0 Å². The maximum absolute atomic E-state index is 12.3. The lowest BCUT2D eigenvalue weighted by Crippen LogP contribution is -2.59. The molecule has 0 bridgehead atoms. The molecule has 0 aromatic carbocycles. The summed E-state index contributed by atoms with van der Waals surface area (Å²) < 4.78 is 0. The Balaban J connectivity index is 1.59. The molecule has 2 saturated heterocycles. The minimum atomic E-state index is 0.158. The fraction of sp³-hybridized carbons (Fsp3) is 0.900. The lowest BCUT2D eigenvalue weighted by atomic mass is 9.80. The summed E-state index contributed by atoms with van der Waals surface area (Å²) in [4.78, 5) is 21.6. The van der Waals surface area contributed by atoms with E-state index in [4.69, 9.17) is 0 Å². The largest absolute Gasteiger partial charge is 0.357 e. The molecule has 6 nitrogen and oxygen atoms in total. The van der Waals surface area contributed by atoms with Crippen LogP contribution >= 0.6 is 11.8 Å². The molecule has 3 rings (SSSR count). The van der Waals surface area contributed by atoms with Crippen molar-refractivity contribution in [3.05, 3.63) is 0 Å². The van der Waals surface area contributed by atoms with Crippen LogP contribution in [-0.4, -0.2) is 84.5 Å². The van der Waals surface area contributed by atoms with Crippen LogP contribution in [0.3, 0.4) is 0 Å². The molecule has 154 valence electrons. The van der Waals surface area contributed by atoms with Gasteiger partial charge in [-0.05, 0) is 32.6 Å². The van der Waals surface area contributed by atoms with Gasteiger partial charge < -0.3 is 15.5 Å².